The highest BCUT2D eigenvalue weighted by Crippen LogP contribution is 2.30. The zero-order chi connectivity index (χ0) is 20.1. The summed E-state index contributed by atoms with van der Waals surface area (Å²) in [4.78, 5) is 21.2. The molecule has 5 nitrogen and oxygen atoms in total. The number of carbonyl (C=O) groups is 1. The molecule has 1 amide bonds. The third-order valence-electron chi connectivity index (χ3n) is 4.96. The van der Waals surface area contributed by atoms with Crippen molar-refractivity contribution < 1.29 is 9.69 Å². The van der Waals surface area contributed by atoms with E-state index < -0.39 is 0 Å². The number of likely N-dealkylation sites (N-methyl/N-ethyl adjacent to an activating group) is 1. The number of thiazole rings is 1. The molecule has 2 aromatic carbocycles. The van der Waals surface area contributed by atoms with Crippen LogP contribution in [0.2, 0.25) is 0 Å². The molecule has 0 aliphatic carbocycles. The number of aromatic nitrogens is 1. The maximum atomic E-state index is 13.3. The SMILES string of the molecule is CC[NH+](CC)CCN(C(=O)c1ccc(C#N)cc1)c1nc2ccc(C)cc2s1. The summed E-state index contributed by atoms with van der Waals surface area (Å²) in [5.41, 5.74) is 3.22. The number of benzene rings is 2. The van der Waals surface area contributed by atoms with Gasteiger partial charge in [0, 0.05) is 5.56 Å². The van der Waals surface area contributed by atoms with Crippen LogP contribution >= 0.6 is 11.3 Å². The highest BCUT2D eigenvalue weighted by Gasteiger charge is 2.22. The molecule has 0 fully saturated rings. The number of nitrogens with zero attached hydrogens (tertiary/aromatic N) is 3. The Hall–Kier alpha value is -2.75. The number of rotatable bonds is 7. The molecule has 0 aliphatic rings. The quantitative estimate of drug-likeness (QED) is 0.671. The lowest BCUT2D eigenvalue weighted by Crippen LogP contribution is -3.12. The molecule has 0 spiro atoms. The summed E-state index contributed by atoms with van der Waals surface area (Å²) in [7, 11) is 0. The molecule has 0 aliphatic heterocycles. The van der Waals surface area contributed by atoms with Crippen LogP contribution in [0.1, 0.15) is 35.3 Å². The maximum absolute atomic E-state index is 13.3. The lowest BCUT2D eigenvalue weighted by molar-refractivity contribution is -0.894. The first-order valence-corrected chi connectivity index (χ1v) is 10.4. The van der Waals surface area contributed by atoms with E-state index >= 15 is 0 Å². The standard InChI is InChI=1S/C22H24N4OS/c1-4-25(5-2)12-13-26(21(27)18-9-7-17(15-23)8-10-18)22-24-19-11-6-16(3)14-20(19)28-22/h6-11,14H,4-5,12-13H2,1-3H3/p+1. The van der Waals surface area contributed by atoms with Crippen LogP contribution in [-0.4, -0.2) is 37.1 Å². The summed E-state index contributed by atoms with van der Waals surface area (Å²) in [6, 6.07) is 15.0. The van der Waals surface area contributed by atoms with E-state index in [4.69, 9.17) is 10.2 Å². The summed E-state index contributed by atoms with van der Waals surface area (Å²) < 4.78 is 1.09. The summed E-state index contributed by atoms with van der Waals surface area (Å²) in [6.45, 7) is 9.89. The van der Waals surface area contributed by atoms with E-state index in [1.54, 1.807) is 40.5 Å². The molecule has 0 bridgehead atoms. The molecule has 28 heavy (non-hydrogen) atoms. The number of carbonyl (C=O) groups excluding carboxylic acids is 1. The number of anilines is 1. The van der Waals surface area contributed by atoms with Gasteiger partial charge in [0.05, 0.1) is 48.0 Å². The van der Waals surface area contributed by atoms with Crippen molar-refractivity contribution in [1.82, 2.24) is 4.98 Å². The number of nitrogens with one attached hydrogen (secondary N) is 1. The zero-order valence-electron chi connectivity index (χ0n) is 16.5. The van der Waals surface area contributed by atoms with Crippen molar-refractivity contribution in [3.05, 3.63) is 59.2 Å². The van der Waals surface area contributed by atoms with Crippen LogP contribution in [0.3, 0.4) is 0 Å². The Morgan fingerprint density at radius 1 is 1.18 bits per heavy atom. The summed E-state index contributed by atoms with van der Waals surface area (Å²) in [5.74, 6) is -0.0770. The lowest BCUT2D eigenvalue weighted by atomic mass is 10.1. The molecule has 0 unspecified atom stereocenters. The van der Waals surface area contributed by atoms with Gasteiger partial charge in [-0.05, 0) is 62.7 Å². The summed E-state index contributed by atoms with van der Waals surface area (Å²) in [5, 5.41) is 9.72. The molecule has 6 heteroatoms. The van der Waals surface area contributed by atoms with Gasteiger partial charge in [-0.1, -0.05) is 17.4 Å². The highest BCUT2D eigenvalue weighted by molar-refractivity contribution is 7.22. The fraction of sp³-hybridized carbons (Fsp3) is 0.318. The summed E-state index contributed by atoms with van der Waals surface area (Å²) in [6.07, 6.45) is 0. The smallest absolute Gasteiger partial charge is 0.260 e. The lowest BCUT2D eigenvalue weighted by Gasteiger charge is -2.23. The second-order valence-electron chi connectivity index (χ2n) is 6.82. The molecule has 0 atom stereocenters. The molecule has 3 aromatic rings. The average Bonchev–Trinajstić information content (AvgIpc) is 3.13. The number of hydrogen-bond acceptors (Lipinski definition) is 4. The third kappa shape index (κ3) is 4.38. The fourth-order valence-electron chi connectivity index (χ4n) is 3.14. The number of amides is 1. The monoisotopic (exact) mass is 393 g/mol. The molecular weight excluding hydrogens is 368 g/mol. The molecule has 1 heterocycles. The molecule has 1 aromatic heterocycles. The zero-order valence-corrected chi connectivity index (χ0v) is 17.3. The van der Waals surface area contributed by atoms with Gasteiger partial charge in [0.15, 0.2) is 5.13 Å². The van der Waals surface area contributed by atoms with Crippen LogP contribution in [-0.2, 0) is 0 Å². The molecule has 0 radical (unpaired) electrons. The van der Waals surface area contributed by atoms with Gasteiger partial charge in [-0.15, -0.1) is 0 Å². The van der Waals surface area contributed by atoms with Crippen molar-refractivity contribution in [3.8, 4) is 6.07 Å². The normalized spacial score (nSPS) is 11.0. The van der Waals surface area contributed by atoms with Crippen molar-refractivity contribution in [2.45, 2.75) is 20.8 Å². The van der Waals surface area contributed by atoms with E-state index in [2.05, 4.69) is 32.9 Å². The van der Waals surface area contributed by atoms with Gasteiger partial charge in [-0.3, -0.25) is 9.69 Å². The minimum atomic E-state index is -0.0770. The van der Waals surface area contributed by atoms with Gasteiger partial charge in [0.25, 0.3) is 5.91 Å². The van der Waals surface area contributed by atoms with Crippen LogP contribution in [0.25, 0.3) is 10.2 Å². The number of aryl methyl sites for hydroxylation is 1. The van der Waals surface area contributed by atoms with Crippen LogP contribution in [0.4, 0.5) is 5.13 Å². The highest BCUT2D eigenvalue weighted by atomic mass is 32.1. The molecule has 0 saturated heterocycles. The molecule has 3 rings (SSSR count). The van der Waals surface area contributed by atoms with Crippen LogP contribution in [0.15, 0.2) is 42.5 Å². The van der Waals surface area contributed by atoms with Crippen molar-refractivity contribution >= 4 is 32.6 Å². The van der Waals surface area contributed by atoms with Gasteiger partial charge < -0.3 is 4.90 Å². The summed E-state index contributed by atoms with van der Waals surface area (Å²) >= 11 is 1.55. The number of quaternary nitrogens is 1. The minimum absolute atomic E-state index is 0.0770. The first kappa shape index (κ1) is 20.0. The van der Waals surface area contributed by atoms with Gasteiger partial charge in [-0.25, -0.2) is 4.98 Å². The Kier molecular flexibility index (Phi) is 6.40. The Bertz CT molecular complexity index is 1000. The second kappa shape index (κ2) is 8.96. The largest absolute Gasteiger partial charge is 0.334 e. The Balaban J connectivity index is 1.94. The topological polar surface area (TPSA) is 61.4 Å². The Morgan fingerprint density at radius 3 is 2.54 bits per heavy atom. The van der Waals surface area contributed by atoms with Gasteiger partial charge in [-0.2, -0.15) is 5.26 Å². The Morgan fingerprint density at radius 2 is 1.89 bits per heavy atom. The number of fused-ring (bicyclic) bond motifs is 1. The van der Waals surface area contributed by atoms with Gasteiger partial charge in [0.1, 0.15) is 0 Å². The Labute approximate surface area is 169 Å². The second-order valence-corrected chi connectivity index (χ2v) is 7.83. The van der Waals surface area contributed by atoms with Gasteiger partial charge in [0.2, 0.25) is 0 Å². The van der Waals surface area contributed by atoms with Crippen LogP contribution in [0, 0.1) is 18.3 Å². The van der Waals surface area contributed by atoms with Crippen molar-refractivity contribution in [2.24, 2.45) is 0 Å². The minimum Gasteiger partial charge on any atom is -0.334 e. The molecule has 1 N–H and O–H groups in total. The van der Waals surface area contributed by atoms with E-state index in [9.17, 15) is 4.79 Å². The number of hydrogen-bond donors (Lipinski definition) is 1. The van der Waals surface area contributed by atoms with Crippen molar-refractivity contribution in [3.63, 3.8) is 0 Å². The maximum Gasteiger partial charge on any atom is 0.260 e. The first-order chi connectivity index (χ1) is 13.5. The van der Waals surface area contributed by atoms with Gasteiger partial charge >= 0.3 is 0 Å². The molecular formula is C22H25N4OS+. The molecule has 0 saturated carbocycles. The van der Waals surface area contributed by atoms with Crippen molar-refractivity contribution in [2.75, 3.05) is 31.1 Å². The van der Waals surface area contributed by atoms with E-state index in [0.717, 1.165) is 35.0 Å². The van der Waals surface area contributed by atoms with Crippen LogP contribution < -0.4 is 9.80 Å². The van der Waals surface area contributed by atoms with E-state index in [1.807, 2.05) is 12.1 Å². The van der Waals surface area contributed by atoms with Crippen LogP contribution in [0.5, 0.6) is 0 Å². The average molecular weight is 394 g/mol. The number of nitriles is 1. The predicted octanol–water partition coefficient (Wildman–Crippen LogP) is 3.05. The van der Waals surface area contributed by atoms with E-state index in [0.29, 0.717) is 17.7 Å². The third-order valence-corrected chi connectivity index (χ3v) is 6.00. The molecule has 144 valence electrons. The fourth-order valence-corrected chi connectivity index (χ4v) is 4.22. The van der Waals surface area contributed by atoms with Crippen molar-refractivity contribution in [1.29, 1.82) is 5.26 Å². The van der Waals surface area contributed by atoms with E-state index in [1.165, 1.54) is 10.5 Å². The predicted molar refractivity (Wildman–Crippen MR) is 114 cm³/mol. The first-order valence-electron chi connectivity index (χ1n) is 9.58. The van der Waals surface area contributed by atoms with E-state index in [-0.39, 0.29) is 5.91 Å².